The van der Waals surface area contributed by atoms with E-state index in [-0.39, 0.29) is 11.2 Å². The second-order valence-corrected chi connectivity index (χ2v) is 5.45. The van der Waals surface area contributed by atoms with Gasteiger partial charge < -0.3 is 5.32 Å². The molecule has 6 heteroatoms. The molecule has 1 aromatic rings. The van der Waals surface area contributed by atoms with Crippen LogP contribution in [0.2, 0.25) is 0 Å². The van der Waals surface area contributed by atoms with Gasteiger partial charge in [0.2, 0.25) is 0 Å². The van der Waals surface area contributed by atoms with Gasteiger partial charge in [0, 0.05) is 18.3 Å². The molecule has 1 aliphatic heterocycles. The van der Waals surface area contributed by atoms with Crippen molar-refractivity contribution in [3.8, 4) is 0 Å². The van der Waals surface area contributed by atoms with E-state index >= 15 is 0 Å². The van der Waals surface area contributed by atoms with Crippen LogP contribution >= 0.6 is 12.2 Å². The number of non-ortho nitro benzene ring substituents is 1. The fraction of sp³-hybridized carbons (Fsp3) is 0.308. The molecule has 0 aromatic heterocycles. The van der Waals surface area contributed by atoms with Gasteiger partial charge >= 0.3 is 0 Å². The summed E-state index contributed by atoms with van der Waals surface area (Å²) in [6.07, 6.45) is 3.83. The zero-order valence-corrected chi connectivity index (χ0v) is 11.8. The number of rotatable bonds is 2. The molecule has 1 N–H and O–H groups in total. The molecule has 100 valence electrons. The number of nitrogens with one attached hydrogen (secondary N) is 1. The first kappa shape index (κ1) is 13.5. The smallest absolute Gasteiger partial charge is 0.271 e. The Hall–Kier alpha value is -1.95. The van der Waals surface area contributed by atoms with Gasteiger partial charge in [0.05, 0.1) is 16.1 Å². The lowest BCUT2D eigenvalue weighted by atomic mass is 10.0. The topological polar surface area (TPSA) is 58.4 Å². The van der Waals surface area contributed by atoms with Crippen LogP contribution in [0.5, 0.6) is 0 Å². The first-order valence-electron chi connectivity index (χ1n) is 5.86. The highest BCUT2D eigenvalue weighted by Crippen LogP contribution is 2.28. The summed E-state index contributed by atoms with van der Waals surface area (Å²) < 4.78 is 0. The van der Waals surface area contributed by atoms with Gasteiger partial charge in [0.1, 0.15) is 0 Å². The minimum Gasteiger partial charge on any atom is -0.354 e. The average molecular weight is 277 g/mol. The third-order valence-corrected chi connectivity index (χ3v) is 3.25. The largest absolute Gasteiger partial charge is 0.354 e. The zero-order chi connectivity index (χ0) is 14.2. The van der Waals surface area contributed by atoms with Gasteiger partial charge in [-0.15, -0.1) is 0 Å². The first-order chi connectivity index (χ1) is 8.80. The van der Waals surface area contributed by atoms with Crippen LogP contribution in [-0.2, 0) is 0 Å². The standard InChI is InChI=1S/C13H15N3O2S/c1-9-4-5-10(16(17)18)8-11(9)15-7-6-13(2,3)14-12(15)19/h4-8H,1-3H3,(H,14,19). The lowest BCUT2D eigenvalue weighted by Crippen LogP contribution is -2.51. The molecule has 1 aromatic carbocycles. The van der Waals surface area contributed by atoms with Crippen LogP contribution < -0.4 is 10.2 Å². The number of thiocarbonyl (C=S) groups is 1. The second kappa shape index (κ2) is 4.62. The van der Waals surface area contributed by atoms with E-state index in [9.17, 15) is 10.1 Å². The quantitative estimate of drug-likeness (QED) is 0.512. The summed E-state index contributed by atoms with van der Waals surface area (Å²) in [5, 5.41) is 14.6. The van der Waals surface area contributed by atoms with Gasteiger partial charge in [-0.2, -0.15) is 0 Å². The fourth-order valence-electron chi connectivity index (χ4n) is 1.87. The van der Waals surface area contributed by atoms with Gasteiger partial charge in [-0.05, 0) is 44.6 Å². The van der Waals surface area contributed by atoms with E-state index in [0.29, 0.717) is 5.11 Å². The summed E-state index contributed by atoms with van der Waals surface area (Å²) in [6, 6.07) is 4.75. The first-order valence-corrected chi connectivity index (χ1v) is 6.27. The predicted molar refractivity (Wildman–Crippen MR) is 79.3 cm³/mol. The van der Waals surface area contributed by atoms with Crippen molar-refractivity contribution in [2.75, 3.05) is 4.90 Å². The zero-order valence-electron chi connectivity index (χ0n) is 11.0. The Morgan fingerprint density at radius 2 is 2.11 bits per heavy atom. The van der Waals surface area contributed by atoms with Crippen molar-refractivity contribution >= 4 is 28.7 Å². The molecule has 1 heterocycles. The molecule has 0 fully saturated rings. The van der Waals surface area contributed by atoms with Crippen molar-refractivity contribution in [2.45, 2.75) is 26.3 Å². The van der Waals surface area contributed by atoms with Crippen LogP contribution in [0.25, 0.3) is 0 Å². The van der Waals surface area contributed by atoms with E-state index in [4.69, 9.17) is 12.2 Å². The van der Waals surface area contributed by atoms with Gasteiger partial charge in [-0.3, -0.25) is 15.0 Å². The third-order valence-electron chi connectivity index (χ3n) is 2.95. The highest BCUT2D eigenvalue weighted by molar-refractivity contribution is 7.80. The van der Waals surface area contributed by atoms with E-state index in [1.165, 1.54) is 12.1 Å². The highest BCUT2D eigenvalue weighted by atomic mass is 32.1. The summed E-state index contributed by atoms with van der Waals surface area (Å²) in [5.41, 5.74) is 1.50. The predicted octanol–water partition coefficient (Wildman–Crippen LogP) is 2.89. The summed E-state index contributed by atoms with van der Waals surface area (Å²) >= 11 is 5.32. The van der Waals surface area contributed by atoms with Crippen molar-refractivity contribution in [3.63, 3.8) is 0 Å². The van der Waals surface area contributed by atoms with Crippen molar-refractivity contribution in [1.29, 1.82) is 0 Å². The molecule has 1 aliphatic rings. The Morgan fingerprint density at radius 3 is 2.68 bits per heavy atom. The maximum atomic E-state index is 10.9. The van der Waals surface area contributed by atoms with E-state index in [2.05, 4.69) is 5.32 Å². The summed E-state index contributed by atoms with van der Waals surface area (Å²) in [7, 11) is 0. The molecule has 0 saturated carbocycles. The molecular weight excluding hydrogens is 262 g/mol. The van der Waals surface area contributed by atoms with Gasteiger partial charge in [-0.25, -0.2) is 0 Å². The van der Waals surface area contributed by atoms with E-state index in [1.807, 2.05) is 33.0 Å². The van der Waals surface area contributed by atoms with Gasteiger partial charge in [-0.1, -0.05) is 6.07 Å². The fourth-order valence-corrected chi connectivity index (χ4v) is 2.29. The number of hydrogen-bond donors (Lipinski definition) is 1. The van der Waals surface area contributed by atoms with Crippen LogP contribution in [0.3, 0.4) is 0 Å². The van der Waals surface area contributed by atoms with Crippen LogP contribution in [-0.4, -0.2) is 15.6 Å². The average Bonchev–Trinajstić information content (AvgIpc) is 2.29. The molecule has 0 spiro atoms. The van der Waals surface area contributed by atoms with Crippen LogP contribution in [0.15, 0.2) is 30.5 Å². The second-order valence-electron chi connectivity index (χ2n) is 5.07. The lowest BCUT2D eigenvalue weighted by Gasteiger charge is -2.35. The number of nitro groups is 1. The summed E-state index contributed by atoms with van der Waals surface area (Å²) in [4.78, 5) is 12.2. The molecule has 19 heavy (non-hydrogen) atoms. The number of benzene rings is 1. The normalized spacial score (nSPS) is 17.2. The van der Waals surface area contributed by atoms with Crippen molar-refractivity contribution in [3.05, 3.63) is 46.2 Å². The molecule has 5 nitrogen and oxygen atoms in total. The van der Waals surface area contributed by atoms with Crippen LogP contribution in [0.4, 0.5) is 11.4 Å². The molecule has 2 rings (SSSR count). The molecule has 0 saturated heterocycles. The molecule has 0 atom stereocenters. The molecule has 0 bridgehead atoms. The van der Waals surface area contributed by atoms with Crippen molar-refractivity contribution < 1.29 is 4.92 Å². The maximum Gasteiger partial charge on any atom is 0.271 e. The number of hydrogen-bond acceptors (Lipinski definition) is 3. The SMILES string of the molecule is Cc1ccc([N+](=O)[O-])cc1N1C=CC(C)(C)NC1=S. The van der Waals surface area contributed by atoms with E-state index in [0.717, 1.165) is 11.3 Å². The molecule has 0 amide bonds. The Balaban J connectivity index is 2.45. The Kier molecular flexibility index (Phi) is 3.28. The Morgan fingerprint density at radius 1 is 1.42 bits per heavy atom. The minimum atomic E-state index is -0.406. The summed E-state index contributed by atoms with van der Waals surface area (Å²) in [5.74, 6) is 0. The van der Waals surface area contributed by atoms with Gasteiger partial charge in [0.25, 0.3) is 5.69 Å². The Bertz CT molecular complexity index is 581. The summed E-state index contributed by atoms with van der Waals surface area (Å²) in [6.45, 7) is 5.91. The molecule has 0 aliphatic carbocycles. The number of nitrogens with zero attached hydrogens (tertiary/aromatic N) is 2. The van der Waals surface area contributed by atoms with E-state index < -0.39 is 4.92 Å². The lowest BCUT2D eigenvalue weighted by molar-refractivity contribution is -0.384. The molecule has 0 unspecified atom stereocenters. The number of anilines is 1. The van der Waals surface area contributed by atoms with Crippen molar-refractivity contribution in [2.24, 2.45) is 0 Å². The molecular formula is C13H15N3O2S. The van der Waals surface area contributed by atoms with Crippen molar-refractivity contribution in [1.82, 2.24) is 5.32 Å². The molecule has 0 radical (unpaired) electrons. The monoisotopic (exact) mass is 277 g/mol. The number of aryl methyl sites for hydroxylation is 1. The highest BCUT2D eigenvalue weighted by Gasteiger charge is 2.25. The third kappa shape index (κ3) is 2.73. The van der Waals surface area contributed by atoms with E-state index in [1.54, 1.807) is 11.0 Å². The maximum absolute atomic E-state index is 10.9. The minimum absolute atomic E-state index is 0.0571. The Labute approximate surface area is 117 Å². The van der Waals surface area contributed by atoms with Gasteiger partial charge in [0.15, 0.2) is 5.11 Å². The number of nitro benzene ring substituents is 1. The van der Waals surface area contributed by atoms with Crippen LogP contribution in [0, 0.1) is 17.0 Å². The van der Waals surface area contributed by atoms with Crippen LogP contribution in [0.1, 0.15) is 19.4 Å².